The minimum atomic E-state index is 0.242. The molecule has 0 aliphatic carbocycles. The third kappa shape index (κ3) is 2.43. The highest BCUT2D eigenvalue weighted by Gasteiger charge is 2.30. The van der Waals surface area contributed by atoms with Crippen molar-refractivity contribution in [1.29, 1.82) is 0 Å². The van der Waals surface area contributed by atoms with E-state index in [9.17, 15) is 0 Å². The van der Waals surface area contributed by atoms with E-state index >= 15 is 0 Å². The molecule has 2 unspecified atom stereocenters. The maximum atomic E-state index is 5.85. The number of nitrogens with one attached hydrogen (secondary N) is 1. The van der Waals surface area contributed by atoms with Gasteiger partial charge in [0.25, 0.3) is 0 Å². The molecule has 0 amide bonds. The van der Waals surface area contributed by atoms with E-state index < -0.39 is 0 Å². The Hall–Kier alpha value is -0.900. The van der Waals surface area contributed by atoms with Crippen molar-refractivity contribution in [2.75, 3.05) is 33.8 Å². The SMILES string of the molecule is CNCC1OCCN(C)C1c1ccccc1. The van der Waals surface area contributed by atoms with Crippen molar-refractivity contribution in [3.63, 3.8) is 0 Å². The normalized spacial score (nSPS) is 26.9. The molecule has 1 aliphatic heterocycles. The van der Waals surface area contributed by atoms with Crippen molar-refractivity contribution in [3.8, 4) is 0 Å². The molecule has 1 aromatic rings. The zero-order chi connectivity index (χ0) is 11.4. The van der Waals surface area contributed by atoms with Gasteiger partial charge in [-0.05, 0) is 19.7 Å². The average molecular weight is 220 g/mol. The van der Waals surface area contributed by atoms with Gasteiger partial charge in [-0.3, -0.25) is 4.90 Å². The van der Waals surface area contributed by atoms with Crippen LogP contribution in [0.25, 0.3) is 0 Å². The van der Waals surface area contributed by atoms with E-state index in [0.29, 0.717) is 6.04 Å². The minimum absolute atomic E-state index is 0.242. The molecular weight excluding hydrogens is 200 g/mol. The number of benzene rings is 1. The minimum Gasteiger partial charge on any atom is -0.374 e. The Labute approximate surface area is 97.4 Å². The summed E-state index contributed by atoms with van der Waals surface area (Å²) in [6, 6.07) is 11.0. The fourth-order valence-electron chi connectivity index (χ4n) is 2.35. The van der Waals surface area contributed by atoms with E-state index in [2.05, 4.69) is 47.6 Å². The third-order valence-corrected chi connectivity index (χ3v) is 3.15. The first-order valence-electron chi connectivity index (χ1n) is 5.84. The van der Waals surface area contributed by atoms with Crippen LogP contribution in [0.4, 0.5) is 0 Å². The van der Waals surface area contributed by atoms with Crippen molar-refractivity contribution in [2.24, 2.45) is 0 Å². The second kappa shape index (κ2) is 5.43. The number of likely N-dealkylation sites (N-methyl/N-ethyl adjacent to an activating group) is 2. The van der Waals surface area contributed by atoms with E-state index in [1.165, 1.54) is 5.56 Å². The zero-order valence-electron chi connectivity index (χ0n) is 10.0. The number of nitrogens with zero attached hydrogens (tertiary/aromatic N) is 1. The second-order valence-corrected chi connectivity index (χ2v) is 4.30. The second-order valence-electron chi connectivity index (χ2n) is 4.30. The molecule has 0 aromatic heterocycles. The van der Waals surface area contributed by atoms with E-state index in [-0.39, 0.29) is 6.10 Å². The van der Waals surface area contributed by atoms with Gasteiger partial charge in [-0.15, -0.1) is 0 Å². The highest BCUT2D eigenvalue weighted by molar-refractivity contribution is 5.20. The predicted molar refractivity (Wildman–Crippen MR) is 65.5 cm³/mol. The van der Waals surface area contributed by atoms with Gasteiger partial charge in [0.15, 0.2) is 0 Å². The highest BCUT2D eigenvalue weighted by atomic mass is 16.5. The summed E-state index contributed by atoms with van der Waals surface area (Å²) < 4.78 is 5.85. The monoisotopic (exact) mass is 220 g/mol. The number of morpholine rings is 1. The molecule has 3 heteroatoms. The number of hydrogen-bond donors (Lipinski definition) is 1. The quantitative estimate of drug-likeness (QED) is 0.830. The van der Waals surface area contributed by atoms with Gasteiger partial charge in [-0.2, -0.15) is 0 Å². The first-order valence-corrected chi connectivity index (χ1v) is 5.84. The molecule has 88 valence electrons. The van der Waals surface area contributed by atoms with Gasteiger partial charge in [-0.25, -0.2) is 0 Å². The summed E-state index contributed by atoms with van der Waals surface area (Å²) in [6.07, 6.45) is 0.242. The van der Waals surface area contributed by atoms with Crippen molar-refractivity contribution in [3.05, 3.63) is 35.9 Å². The largest absolute Gasteiger partial charge is 0.374 e. The predicted octanol–water partition coefficient (Wildman–Crippen LogP) is 1.28. The van der Waals surface area contributed by atoms with E-state index in [4.69, 9.17) is 4.74 Å². The van der Waals surface area contributed by atoms with Crippen LogP contribution in [0.15, 0.2) is 30.3 Å². The molecule has 1 N–H and O–H groups in total. The van der Waals surface area contributed by atoms with Crippen molar-refractivity contribution >= 4 is 0 Å². The molecule has 0 saturated carbocycles. The average Bonchev–Trinajstić information content (AvgIpc) is 2.31. The number of hydrogen-bond acceptors (Lipinski definition) is 3. The molecule has 0 bridgehead atoms. The van der Waals surface area contributed by atoms with Crippen LogP contribution < -0.4 is 5.32 Å². The maximum absolute atomic E-state index is 5.85. The summed E-state index contributed by atoms with van der Waals surface area (Å²) in [4.78, 5) is 2.38. The van der Waals surface area contributed by atoms with Crippen molar-refractivity contribution in [2.45, 2.75) is 12.1 Å². The summed E-state index contributed by atoms with van der Waals surface area (Å²) in [5.74, 6) is 0. The lowest BCUT2D eigenvalue weighted by atomic mass is 9.98. The van der Waals surface area contributed by atoms with Gasteiger partial charge in [-0.1, -0.05) is 30.3 Å². The van der Waals surface area contributed by atoms with Crippen molar-refractivity contribution in [1.82, 2.24) is 10.2 Å². The van der Waals surface area contributed by atoms with Crippen LogP contribution in [-0.4, -0.2) is 44.8 Å². The summed E-state index contributed by atoms with van der Waals surface area (Å²) in [5, 5.41) is 3.21. The van der Waals surface area contributed by atoms with Gasteiger partial charge in [0.2, 0.25) is 0 Å². The Kier molecular flexibility index (Phi) is 3.93. The summed E-state index contributed by atoms with van der Waals surface area (Å²) >= 11 is 0. The first-order chi connectivity index (χ1) is 7.83. The third-order valence-electron chi connectivity index (χ3n) is 3.15. The molecule has 1 heterocycles. The van der Waals surface area contributed by atoms with Gasteiger partial charge in [0.05, 0.1) is 18.8 Å². The summed E-state index contributed by atoms with van der Waals surface area (Å²) in [7, 11) is 4.14. The van der Waals surface area contributed by atoms with Crippen LogP contribution >= 0.6 is 0 Å². The zero-order valence-corrected chi connectivity index (χ0v) is 10.0. The van der Waals surface area contributed by atoms with Crippen LogP contribution in [0.2, 0.25) is 0 Å². The van der Waals surface area contributed by atoms with Crippen LogP contribution in [-0.2, 0) is 4.74 Å². The Bertz CT molecular complexity index is 313. The fourth-order valence-corrected chi connectivity index (χ4v) is 2.35. The Balaban J connectivity index is 2.19. The fraction of sp³-hybridized carbons (Fsp3) is 0.538. The molecular formula is C13H20N2O. The lowest BCUT2D eigenvalue weighted by Crippen LogP contribution is -2.46. The lowest BCUT2D eigenvalue weighted by molar-refractivity contribution is -0.0606. The van der Waals surface area contributed by atoms with Gasteiger partial charge >= 0.3 is 0 Å². The molecule has 1 saturated heterocycles. The molecule has 0 radical (unpaired) electrons. The summed E-state index contributed by atoms with van der Waals surface area (Å²) in [6.45, 7) is 2.72. The number of ether oxygens (including phenoxy) is 1. The molecule has 3 nitrogen and oxygen atoms in total. The van der Waals surface area contributed by atoms with Crippen LogP contribution in [0, 0.1) is 0 Å². The van der Waals surface area contributed by atoms with E-state index in [0.717, 1.165) is 19.7 Å². The molecule has 1 aromatic carbocycles. The van der Waals surface area contributed by atoms with Gasteiger partial charge in [0, 0.05) is 13.1 Å². The van der Waals surface area contributed by atoms with Crippen LogP contribution in [0.3, 0.4) is 0 Å². The summed E-state index contributed by atoms with van der Waals surface area (Å²) in [5.41, 5.74) is 1.34. The van der Waals surface area contributed by atoms with Gasteiger partial charge in [0.1, 0.15) is 0 Å². The standard InChI is InChI=1S/C13H20N2O/c1-14-10-12-13(15(2)8-9-16-12)11-6-4-3-5-7-11/h3-7,12-14H,8-10H2,1-2H3. The Morgan fingerprint density at radius 1 is 1.38 bits per heavy atom. The molecule has 1 fully saturated rings. The smallest absolute Gasteiger partial charge is 0.0896 e. The molecule has 0 spiro atoms. The van der Waals surface area contributed by atoms with Crippen molar-refractivity contribution < 1.29 is 4.74 Å². The van der Waals surface area contributed by atoms with E-state index in [1.807, 2.05) is 7.05 Å². The van der Waals surface area contributed by atoms with E-state index in [1.54, 1.807) is 0 Å². The first kappa shape index (κ1) is 11.6. The maximum Gasteiger partial charge on any atom is 0.0896 e. The van der Waals surface area contributed by atoms with Gasteiger partial charge < -0.3 is 10.1 Å². The Morgan fingerprint density at radius 3 is 2.81 bits per heavy atom. The number of rotatable bonds is 3. The lowest BCUT2D eigenvalue weighted by Gasteiger charge is -2.39. The topological polar surface area (TPSA) is 24.5 Å². The van der Waals surface area contributed by atoms with Crippen LogP contribution in [0.5, 0.6) is 0 Å². The Morgan fingerprint density at radius 2 is 2.12 bits per heavy atom. The molecule has 1 aliphatic rings. The molecule has 2 rings (SSSR count). The molecule has 2 atom stereocenters. The van der Waals surface area contributed by atoms with Crippen LogP contribution in [0.1, 0.15) is 11.6 Å². The highest BCUT2D eigenvalue weighted by Crippen LogP contribution is 2.27. The molecule has 16 heavy (non-hydrogen) atoms.